The Hall–Kier alpha value is -0.770. The average molecular weight is 347 g/mol. The van der Waals surface area contributed by atoms with Gasteiger partial charge in [0.2, 0.25) is 5.88 Å². The highest BCUT2D eigenvalue weighted by atomic mass is 79.9. The number of nitrogens with zero attached hydrogens (tertiary/aromatic N) is 1. The molecule has 1 heterocycles. The molecule has 0 aliphatic rings. The smallest absolute Gasteiger partial charge is 0.233 e. The third-order valence-corrected chi connectivity index (χ3v) is 3.39. The summed E-state index contributed by atoms with van der Waals surface area (Å²) in [6, 6.07) is 5.45. The summed E-state index contributed by atoms with van der Waals surface area (Å²) in [5, 5.41) is 1.25. The molecule has 0 saturated heterocycles. The lowest BCUT2D eigenvalue weighted by Gasteiger charge is -2.12. The quantitative estimate of drug-likeness (QED) is 0.710. The van der Waals surface area contributed by atoms with Crippen LogP contribution in [0.1, 0.15) is 11.1 Å². The number of aryl methyl sites for hydroxylation is 2. The van der Waals surface area contributed by atoms with Crippen molar-refractivity contribution in [3.05, 3.63) is 50.0 Å². The standard InChI is InChI=1S/C13H10BrCl2NO/c1-7-3-9(15)4-8(2)12(7)18-13-11(14)5-10(16)6-17-13/h3-6H,1-2H3. The Labute approximate surface area is 124 Å². The monoisotopic (exact) mass is 345 g/mol. The molecule has 0 unspecified atom stereocenters. The zero-order valence-corrected chi connectivity index (χ0v) is 12.9. The highest BCUT2D eigenvalue weighted by Gasteiger charge is 2.10. The second kappa shape index (κ2) is 5.47. The summed E-state index contributed by atoms with van der Waals surface area (Å²) in [6.07, 6.45) is 1.54. The van der Waals surface area contributed by atoms with Crippen LogP contribution in [0.4, 0.5) is 0 Å². The Bertz CT molecular complexity index is 579. The van der Waals surface area contributed by atoms with E-state index < -0.39 is 0 Å². The number of ether oxygens (including phenoxy) is 1. The Balaban J connectivity index is 2.40. The van der Waals surface area contributed by atoms with Crippen LogP contribution in [0.2, 0.25) is 10.0 Å². The van der Waals surface area contributed by atoms with Gasteiger partial charge in [0.15, 0.2) is 0 Å². The molecule has 0 bridgehead atoms. The molecule has 1 aromatic heterocycles. The van der Waals surface area contributed by atoms with E-state index in [4.69, 9.17) is 27.9 Å². The van der Waals surface area contributed by atoms with Crippen molar-refractivity contribution in [1.82, 2.24) is 4.98 Å². The molecule has 0 amide bonds. The van der Waals surface area contributed by atoms with E-state index in [2.05, 4.69) is 20.9 Å². The molecule has 0 atom stereocenters. The third-order valence-electron chi connectivity index (χ3n) is 2.40. The Morgan fingerprint density at radius 1 is 1.06 bits per heavy atom. The van der Waals surface area contributed by atoms with Crippen molar-refractivity contribution in [2.24, 2.45) is 0 Å². The first-order valence-corrected chi connectivity index (χ1v) is 6.78. The molecule has 0 aliphatic carbocycles. The highest BCUT2D eigenvalue weighted by Crippen LogP contribution is 2.34. The molecule has 1 aromatic carbocycles. The first-order chi connectivity index (χ1) is 8.47. The van der Waals surface area contributed by atoms with E-state index >= 15 is 0 Å². The van der Waals surface area contributed by atoms with Crippen LogP contribution in [0.15, 0.2) is 28.9 Å². The zero-order valence-electron chi connectivity index (χ0n) is 9.80. The van der Waals surface area contributed by atoms with E-state index in [1.165, 1.54) is 0 Å². The van der Waals surface area contributed by atoms with Gasteiger partial charge in [-0.05, 0) is 59.1 Å². The Kier molecular flexibility index (Phi) is 4.15. The molecule has 18 heavy (non-hydrogen) atoms. The number of hydrogen-bond acceptors (Lipinski definition) is 2. The van der Waals surface area contributed by atoms with E-state index in [-0.39, 0.29) is 0 Å². The fraction of sp³-hybridized carbons (Fsp3) is 0.154. The molecule has 0 radical (unpaired) electrons. The van der Waals surface area contributed by atoms with Crippen molar-refractivity contribution >= 4 is 39.1 Å². The van der Waals surface area contributed by atoms with Crippen LogP contribution in [0.25, 0.3) is 0 Å². The SMILES string of the molecule is Cc1cc(Cl)cc(C)c1Oc1ncc(Cl)cc1Br. The normalized spacial score (nSPS) is 10.5. The molecule has 2 rings (SSSR count). The lowest BCUT2D eigenvalue weighted by Crippen LogP contribution is -1.94. The molecule has 0 N–H and O–H groups in total. The average Bonchev–Trinajstić information content (AvgIpc) is 2.25. The molecule has 2 nitrogen and oxygen atoms in total. The van der Waals surface area contributed by atoms with Gasteiger partial charge < -0.3 is 4.74 Å². The summed E-state index contributed by atoms with van der Waals surface area (Å²) in [6.45, 7) is 3.88. The van der Waals surface area contributed by atoms with Crippen LogP contribution < -0.4 is 4.74 Å². The lowest BCUT2D eigenvalue weighted by molar-refractivity contribution is 0.453. The van der Waals surface area contributed by atoms with Crippen LogP contribution in [0.5, 0.6) is 11.6 Å². The van der Waals surface area contributed by atoms with Gasteiger partial charge in [0.1, 0.15) is 5.75 Å². The van der Waals surface area contributed by atoms with Gasteiger partial charge in [0.05, 0.1) is 9.50 Å². The van der Waals surface area contributed by atoms with Crippen molar-refractivity contribution < 1.29 is 4.74 Å². The first kappa shape index (κ1) is 13.7. The second-order valence-corrected chi connectivity index (χ2v) is 5.64. The maximum Gasteiger partial charge on any atom is 0.233 e. The van der Waals surface area contributed by atoms with Gasteiger partial charge in [0.25, 0.3) is 0 Å². The summed E-state index contributed by atoms with van der Waals surface area (Å²) in [7, 11) is 0. The molecule has 0 aliphatic heterocycles. The minimum absolute atomic E-state index is 0.480. The third kappa shape index (κ3) is 2.97. The van der Waals surface area contributed by atoms with Crippen molar-refractivity contribution in [1.29, 1.82) is 0 Å². The second-order valence-electron chi connectivity index (χ2n) is 3.91. The molecule has 0 fully saturated rings. The van der Waals surface area contributed by atoms with Gasteiger partial charge in [-0.15, -0.1) is 0 Å². The Morgan fingerprint density at radius 3 is 2.22 bits per heavy atom. The van der Waals surface area contributed by atoms with Gasteiger partial charge in [-0.3, -0.25) is 0 Å². The first-order valence-electron chi connectivity index (χ1n) is 5.23. The van der Waals surface area contributed by atoms with Crippen LogP contribution >= 0.6 is 39.1 Å². The summed E-state index contributed by atoms with van der Waals surface area (Å²) >= 11 is 15.2. The molecular weight excluding hydrogens is 337 g/mol. The van der Waals surface area contributed by atoms with Gasteiger partial charge in [-0.1, -0.05) is 23.2 Å². The molecule has 2 aromatic rings. The van der Waals surface area contributed by atoms with E-state index in [9.17, 15) is 0 Å². The maximum atomic E-state index is 5.98. The van der Waals surface area contributed by atoms with Gasteiger partial charge >= 0.3 is 0 Å². The number of hydrogen-bond donors (Lipinski definition) is 0. The van der Waals surface area contributed by atoms with Crippen LogP contribution in [0.3, 0.4) is 0 Å². The van der Waals surface area contributed by atoms with Crippen molar-refractivity contribution in [3.8, 4) is 11.6 Å². The summed E-state index contributed by atoms with van der Waals surface area (Å²) in [5.41, 5.74) is 1.92. The summed E-state index contributed by atoms with van der Waals surface area (Å²) in [4.78, 5) is 4.14. The van der Waals surface area contributed by atoms with E-state index in [1.807, 2.05) is 26.0 Å². The van der Waals surface area contributed by atoms with Gasteiger partial charge in [-0.25, -0.2) is 4.98 Å². The van der Waals surface area contributed by atoms with Crippen LogP contribution in [-0.2, 0) is 0 Å². The molecule has 0 spiro atoms. The summed E-state index contributed by atoms with van der Waals surface area (Å²) in [5.74, 6) is 1.24. The van der Waals surface area contributed by atoms with E-state index in [0.29, 0.717) is 20.4 Å². The minimum Gasteiger partial charge on any atom is -0.437 e. The zero-order chi connectivity index (χ0) is 13.3. The maximum absolute atomic E-state index is 5.98. The van der Waals surface area contributed by atoms with E-state index in [0.717, 1.165) is 16.9 Å². The number of aromatic nitrogens is 1. The topological polar surface area (TPSA) is 22.1 Å². The number of rotatable bonds is 2. The number of pyridine rings is 1. The predicted octanol–water partition coefficient (Wildman–Crippen LogP) is 5.56. The molecular formula is C13H10BrCl2NO. The molecule has 94 valence electrons. The van der Waals surface area contributed by atoms with Crippen LogP contribution in [-0.4, -0.2) is 4.98 Å². The van der Waals surface area contributed by atoms with Crippen molar-refractivity contribution in [2.45, 2.75) is 13.8 Å². The van der Waals surface area contributed by atoms with Crippen molar-refractivity contribution in [2.75, 3.05) is 0 Å². The van der Waals surface area contributed by atoms with Gasteiger partial charge in [0, 0.05) is 11.2 Å². The Morgan fingerprint density at radius 2 is 1.67 bits per heavy atom. The lowest BCUT2D eigenvalue weighted by atomic mass is 10.1. The minimum atomic E-state index is 0.480. The molecule has 5 heteroatoms. The van der Waals surface area contributed by atoms with Gasteiger partial charge in [-0.2, -0.15) is 0 Å². The summed E-state index contributed by atoms with van der Waals surface area (Å²) < 4.78 is 6.52. The number of benzene rings is 1. The largest absolute Gasteiger partial charge is 0.437 e. The van der Waals surface area contributed by atoms with E-state index in [1.54, 1.807) is 12.3 Å². The van der Waals surface area contributed by atoms with Crippen molar-refractivity contribution in [3.63, 3.8) is 0 Å². The highest BCUT2D eigenvalue weighted by molar-refractivity contribution is 9.10. The fourth-order valence-corrected chi connectivity index (χ4v) is 2.68. The van der Waals surface area contributed by atoms with Crippen LogP contribution in [0, 0.1) is 13.8 Å². The fourth-order valence-electron chi connectivity index (χ4n) is 1.63. The number of halogens is 3. The predicted molar refractivity (Wildman–Crippen MR) is 77.9 cm³/mol. The molecule has 0 saturated carbocycles.